The van der Waals surface area contributed by atoms with E-state index in [0.717, 1.165) is 42.9 Å². The van der Waals surface area contributed by atoms with Crippen molar-refractivity contribution in [3.8, 4) is 11.3 Å². The molecule has 0 aliphatic rings. The Morgan fingerprint density at radius 1 is 0.735 bits per heavy atom. The Balaban J connectivity index is 1.58. The molecule has 5 rings (SSSR count). The molecule has 0 atom stereocenters. The van der Waals surface area contributed by atoms with E-state index in [4.69, 9.17) is 9.83 Å². The molecule has 0 aliphatic heterocycles. The molecule has 0 radical (unpaired) electrons. The van der Waals surface area contributed by atoms with Gasteiger partial charge in [0, 0.05) is 16.7 Å². The van der Waals surface area contributed by atoms with Crippen LogP contribution in [0.25, 0.3) is 11.3 Å². The summed E-state index contributed by atoms with van der Waals surface area (Å²) in [7, 11) is 0. The maximum atomic E-state index is 6.08. The van der Waals surface area contributed by atoms with Crippen LogP contribution >= 0.6 is 22.6 Å². The number of hydrogen-bond donors (Lipinski definition) is 0. The average Bonchev–Trinajstić information content (AvgIpc) is 3.28. The largest absolute Gasteiger partial charge is 0.391 e. The number of para-hydroxylation sites is 1. The molecule has 0 fully saturated rings. The minimum Gasteiger partial charge on any atom is -0.391 e. The molecule has 166 valence electrons. The summed E-state index contributed by atoms with van der Waals surface area (Å²) in [6.07, 6.45) is 1.82. The Labute approximate surface area is 212 Å². The summed E-state index contributed by atoms with van der Waals surface area (Å²) in [4.78, 5) is 12.9. The molecule has 0 spiro atoms. The summed E-state index contributed by atoms with van der Waals surface area (Å²) in [5, 5.41) is 4.48. The fourth-order valence-electron chi connectivity index (χ4n) is 3.73. The summed E-state index contributed by atoms with van der Waals surface area (Å²) < 4.78 is 0.995. The lowest BCUT2D eigenvalue weighted by molar-refractivity contribution is 0.0736. The Morgan fingerprint density at radius 2 is 1.29 bits per heavy atom. The normalized spacial score (nSPS) is 10.6. The quantitative estimate of drug-likeness (QED) is 0.161. The number of aromatic nitrogens is 2. The van der Waals surface area contributed by atoms with Crippen molar-refractivity contribution in [1.29, 1.82) is 0 Å². The molecular formula is C29H22IN3O. The van der Waals surface area contributed by atoms with Crippen LogP contribution in [0, 0.1) is 3.57 Å². The summed E-state index contributed by atoms with van der Waals surface area (Å²) in [6, 6.07) is 38.8. The van der Waals surface area contributed by atoms with Crippen LogP contribution in [0.2, 0.25) is 0 Å². The number of nitrogens with zero attached hydrogens (tertiary/aromatic N) is 3. The van der Waals surface area contributed by atoms with Crippen LogP contribution in [0.15, 0.2) is 126 Å². The molecule has 1 aromatic heterocycles. The molecule has 1 heterocycles. The van der Waals surface area contributed by atoms with E-state index >= 15 is 0 Å². The SMILES string of the molecule is Ic1cnn(OCc2ccccc2)c1-c1ccccc1N=C(c1ccccc1)c1ccccc1. The number of hydrogen-bond acceptors (Lipinski definition) is 3. The monoisotopic (exact) mass is 555 g/mol. The van der Waals surface area contributed by atoms with E-state index in [-0.39, 0.29) is 0 Å². The smallest absolute Gasteiger partial charge is 0.142 e. The molecule has 0 amide bonds. The number of aliphatic imine (C=N–C) groups is 1. The van der Waals surface area contributed by atoms with Gasteiger partial charge in [-0.1, -0.05) is 114 Å². The molecule has 5 aromatic rings. The van der Waals surface area contributed by atoms with Gasteiger partial charge in [-0.05, 0) is 34.2 Å². The van der Waals surface area contributed by atoms with Crippen LogP contribution in [-0.4, -0.2) is 15.7 Å². The Kier molecular flexibility index (Phi) is 6.81. The highest BCUT2D eigenvalue weighted by Gasteiger charge is 2.17. The van der Waals surface area contributed by atoms with Crippen molar-refractivity contribution in [3.05, 3.63) is 142 Å². The molecule has 5 heteroatoms. The third kappa shape index (κ3) is 4.94. The maximum absolute atomic E-state index is 6.08. The molecule has 0 saturated heterocycles. The van der Waals surface area contributed by atoms with Crippen molar-refractivity contribution in [2.45, 2.75) is 6.61 Å². The molecular weight excluding hydrogens is 533 g/mol. The first-order valence-corrected chi connectivity index (χ1v) is 12.1. The minimum atomic E-state index is 0.427. The van der Waals surface area contributed by atoms with Crippen molar-refractivity contribution in [3.63, 3.8) is 0 Å². The average molecular weight is 555 g/mol. The van der Waals surface area contributed by atoms with Gasteiger partial charge in [-0.2, -0.15) is 0 Å². The summed E-state index contributed by atoms with van der Waals surface area (Å²) in [5.74, 6) is 0. The van der Waals surface area contributed by atoms with Crippen LogP contribution in [-0.2, 0) is 6.61 Å². The van der Waals surface area contributed by atoms with Crippen molar-refractivity contribution >= 4 is 34.0 Å². The standard InChI is InChI=1S/C29H22IN3O/c30-26-20-31-33(34-21-22-12-4-1-5-13-22)29(26)25-18-10-11-19-27(25)32-28(23-14-6-2-7-15-23)24-16-8-3-9-17-24/h1-20H,21H2. The molecule has 0 bridgehead atoms. The second-order valence-electron chi connectivity index (χ2n) is 7.68. The van der Waals surface area contributed by atoms with Gasteiger partial charge in [-0.25, -0.2) is 4.99 Å². The number of benzene rings is 4. The lowest BCUT2D eigenvalue weighted by Gasteiger charge is -2.13. The van der Waals surface area contributed by atoms with Gasteiger partial charge in [-0.3, -0.25) is 0 Å². The van der Waals surface area contributed by atoms with Gasteiger partial charge in [0.2, 0.25) is 0 Å². The van der Waals surface area contributed by atoms with Crippen molar-refractivity contribution in [2.75, 3.05) is 0 Å². The van der Waals surface area contributed by atoms with Gasteiger partial charge >= 0.3 is 0 Å². The third-order valence-electron chi connectivity index (χ3n) is 5.38. The van der Waals surface area contributed by atoms with Crippen LogP contribution in [0.5, 0.6) is 0 Å². The molecule has 0 unspecified atom stereocenters. The summed E-state index contributed by atoms with van der Waals surface area (Å²) in [5.41, 5.74) is 6.83. The van der Waals surface area contributed by atoms with Gasteiger partial charge in [0.25, 0.3) is 0 Å². The zero-order valence-electron chi connectivity index (χ0n) is 18.4. The predicted molar refractivity (Wildman–Crippen MR) is 145 cm³/mol. The molecule has 4 aromatic carbocycles. The Morgan fingerprint density at radius 3 is 1.94 bits per heavy atom. The lowest BCUT2D eigenvalue weighted by atomic mass is 10.0. The third-order valence-corrected chi connectivity index (χ3v) is 6.17. The molecule has 0 saturated carbocycles. The summed E-state index contributed by atoms with van der Waals surface area (Å²) >= 11 is 2.30. The van der Waals surface area contributed by atoms with Crippen LogP contribution in [0.3, 0.4) is 0 Å². The van der Waals surface area contributed by atoms with E-state index in [9.17, 15) is 0 Å². The van der Waals surface area contributed by atoms with Gasteiger partial charge in [-0.15, -0.1) is 5.10 Å². The maximum Gasteiger partial charge on any atom is 0.142 e. The first-order valence-electron chi connectivity index (χ1n) is 11.0. The highest BCUT2D eigenvalue weighted by molar-refractivity contribution is 14.1. The molecule has 0 N–H and O–H groups in total. The van der Waals surface area contributed by atoms with E-state index in [1.165, 1.54) is 0 Å². The Bertz CT molecular complexity index is 1360. The predicted octanol–water partition coefficient (Wildman–Crippen LogP) is 6.95. The zero-order valence-corrected chi connectivity index (χ0v) is 20.5. The van der Waals surface area contributed by atoms with Crippen LogP contribution in [0.1, 0.15) is 16.7 Å². The van der Waals surface area contributed by atoms with Crippen molar-refractivity contribution < 1.29 is 4.84 Å². The molecule has 4 nitrogen and oxygen atoms in total. The second-order valence-corrected chi connectivity index (χ2v) is 8.84. The van der Waals surface area contributed by atoms with Gasteiger partial charge < -0.3 is 4.84 Å². The van der Waals surface area contributed by atoms with Gasteiger partial charge in [0.1, 0.15) is 12.3 Å². The molecule has 34 heavy (non-hydrogen) atoms. The van der Waals surface area contributed by atoms with E-state index in [1.807, 2.05) is 91.1 Å². The lowest BCUT2D eigenvalue weighted by Crippen LogP contribution is -2.14. The highest BCUT2D eigenvalue weighted by atomic mass is 127. The van der Waals surface area contributed by atoms with Crippen LogP contribution in [0.4, 0.5) is 5.69 Å². The topological polar surface area (TPSA) is 39.4 Å². The highest BCUT2D eigenvalue weighted by Crippen LogP contribution is 2.34. The van der Waals surface area contributed by atoms with Crippen molar-refractivity contribution in [1.82, 2.24) is 9.94 Å². The van der Waals surface area contributed by atoms with Crippen LogP contribution < -0.4 is 4.84 Å². The number of halogens is 1. The van der Waals surface area contributed by atoms with Crippen molar-refractivity contribution in [2.24, 2.45) is 4.99 Å². The van der Waals surface area contributed by atoms with Gasteiger partial charge in [0.15, 0.2) is 0 Å². The summed E-state index contributed by atoms with van der Waals surface area (Å²) in [6.45, 7) is 0.427. The van der Waals surface area contributed by atoms with E-state index < -0.39 is 0 Å². The minimum absolute atomic E-state index is 0.427. The zero-order chi connectivity index (χ0) is 23.2. The fourth-order valence-corrected chi connectivity index (χ4v) is 4.35. The Hall–Kier alpha value is -3.71. The fraction of sp³-hybridized carbons (Fsp3) is 0.0345. The first-order chi connectivity index (χ1) is 16.8. The number of rotatable bonds is 7. The van der Waals surface area contributed by atoms with E-state index in [0.29, 0.717) is 6.61 Å². The second kappa shape index (κ2) is 10.5. The van der Waals surface area contributed by atoms with Gasteiger partial charge in [0.05, 0.1) is 21.2 Å². The molecule has 0 aliphatic carbocycles. The van der Waals surface area contributed by atoms with E-state index in [2.05, 4.69) is 58.0 Å². The first kappa shape index (κ1) is 22.1. The van der Waals surface area contributed by atoms with E-state index in [1.54, 1.807) is 4.85 Å².